The number of non-ortho nitro benzene ring substituents is 1. The van der Waals surface area contributed by atoms with Crippen molar-refractivity contribution < 1.29 is 9.72 Å². The van der Waals surface area contributed by atoms with E-state index in [1.54, 1.807) is 12.1 Å². The number of carbonyl (C=O) groups is 1. The molecule has 1 aromatic rings. The van der Waals surface area contributed by atoms with E-state index >= 15 is 0 Å². The molecule has 1 heterocycles. The van der Waals surface area contributed by atoms with Gasteiger partial charge in [0.15, 0.2) is 0 Å². The third-order valence-corrected chi connectivity index (χ3v) is 3.45. The minimum Gasteiger partial charge on any atom is -0.304 e. The summed E-state index contributed by atoms with van der Waals surface area (Å²) in [6.07, 6.45) is 1.40. The quantitative estimate of drug-likeness (QED) is 0.480. The highest BCUT2D eigenvalue weighted by atomic mass is 16.6. The molecular formula is C14H19N5O3. The Labute approximate surface area is 128 Å². The number of likely N-dealkylation sites (N-methyl/N-ethyl adjacent to an activating group) is 1. The molecule has 1 aliphatic rings. The maximum absolute atomic E-state index is 11.8. The molecule has 22 heavy (non-hydrogen) atoms. The number of rotatable bonds is 5. The lowest BCUT2D eigenvalue weighted by Crippen LogP contribution is -2.47. The maximum Gasteiger partial charge on any atom is 0.270 e. The van der Waals surface area contributed by atoms with Crippen LogP contribution in [-0.4, -0.2) is 66.6 Å². The van der Waals surface area contributed by atoms with Crippen LogP contribution in [0.4, 0.5) is 5.69 Å². The Bertz CT molecular complexity index is 567. The molecule has 0 atom stereocenters. The molecule has 118 valence electrons. The molecule has 0 saturated carbocycles. The van der Waals surface area contributed by atoms with Crippen LogP contribution in [0.15, 0.2) is 29.4 Å². The van der Waals surface area contributed by atoms with Crippen molar-refractivity contribution in [2.45, 2.75) is 0 Å². The third-order valence-electron chi connectivity index (χ3n) is 3.45. The second-order valence-electron chi connectivity index (χ2n) is 5.22. The lowest BCUT2D eigenvalue weighted by atomic mass is 10.2. The summed E-state index contributed by atoms with van der Waals surface area (Å²) < 4.78 is 0. The van der Waals surface area contributed by atoms with Crippen molar-refractivity contribution in [3.05, 3.63) is 39.9 Å². The van der Waals surface area contributed by atoms with Crippen LogP contribution in [0, 0.1) is 10.1 Å². The summed E-state index contributed by atoms with van der Waals surface area (Å²) in [6, 6.07) is 6.06. The summed E-state index contributed by atoms with van der Waals surface area (Å²) in [4.78, 5) is 26.2. The first-order valence-electron chi connectivity index (χ1n) is 7.02. The zero-order valence-corrected chi connectivity index (χ0v) is 12.4. The monoisotopic (exact) mass is 305 g/mol. The zero-order chi connectivity index (χ0) is 15.9. The van der Waals surface area contributed by atoms with Crippen molar-refractivity contribution in [3.63, 3.8) is 0 Å². The smallest absolute Gasteiger partial charge is 0.270 e. The number of piperazine rings is 1. The van der Waals surface area contributed by atoms with E-state index in [1.807, 2.05) is 0 Å². The minimum atomic E-state index is -0.469. The van der Waals surface area contributed by atoms with Crippen molar-refractivity contribution in [2.24, 2.45) is 5.10 Å². The van der Waals surface area contributed by atoms with Crippen LogP contribution in [0.1, 0.15) is 5.56 Å². The SMILES string of the molecule is CN1CCN(CC(=O)N/N=C\c2cccc([N+](=O)[O-])c2)CC1. The first kappa shape index (κ1) is 16.1. The second kappa shape index (κ2) is 7.62. The fraction of sp³-hybridized carbons (Fsp3) is 0.429. The van der Waals surface area contributed by atoms with E-state index in [0.717, 1.165) is 26.2 Å². The minimum absolute atomic E-state index is 0.00675. The molecule has 1 aliphatic heterocycles. The summed E-state index contributed by atoms with van der Waals surface area (Å²) in [5.41, 5.74) is 3.00. The van der Waals surface area contributed by atoms with Crippen LogP contribution in [0.3, 0.4) is 0 Å². The topological polar surface area (TPSA) is 91.1 Å². The van der Waals surface area contributed by atoms with Gasteiger partial charge >= 0.3 is 0 Å². The van der Waals surface area contributed by atoms with Crippen molar-refractivity contribution in [1.29, 1.82) is 0 Å². The molecule has 1 aromatic carbocycles. The van der Waals surface area contributed by atoms with Gasteiger partial charge in [-0.2, -0.15) is 5.10 Å². The van der Waals surface area contributed by atoms with E-state index in [2.05, 4.69) is 27.4 Å². The van der Waals surface area contributed by atoms with Gasteiger partial charge in [-0.1, -0.05) is 12.1 Å². The molecule has 8 heteroatoms. The highest BCUT2D eigenvalue weighted by Crippen LogP contribution is 2.11. The number of hydrogen-bond donors (Lipinski definition) is 1. The number of nitro groups is 1. The van der Waals surface area contributed by atoms with E-state index in [-0.39, 0.29) is 11.6 Å². The van der Waals surface area contributed by atoms with Crippen LogP contribution in [0.25, 0.3) is 0 Å². The lowest BCUT2D eigenvalue weighted by molar-refractivity contribution is -0.384. The van der Waals surface area contributed by atoms with Crippen molar-refractivity contribution in [1.82, 2.24) is 15.2 Å². The molecule has 8 nitrogen and oxygen atoms in total. The predicted molar refractivity (Wildman–Crippen MR) is 82.8 cm³/mol. The molecule has 1 amide bonds. The predicted octanol–water partition coefficient (Wildman–Crippen LogP) is 0.292. The van der Waals surface area contributed by atoms with E-state index < -0.39 is 4.92 Å². The van der Waals surface area contributed by atoms with Gasteiger partial charge in [0, 0.05) is 43.9 Å². The molecule has 0 bridgehead atoms. The molecule has 2 rings (SSSR count). The van der Waals surface area contributed by atoms with Gasteiger partial charge in [0.2, 0.25) is 0 Å². The van der Waals surface area contributed by atoms with Crippen LogP contribution in [0.5, 0.6) is 0 Å². The molecular weight excluding hydrogens is 286 g/mol. The fourth-order valence-corrected chi connectivity index (χ4v) is 2.14. The normalized spacial score (nSPS) is 16.8. The molecule has 1 N–H and O–H groups in total. The van der Waals surface area contributed by atoms with Crippen molar-refractivity contribution in [3.8, 4) is 0 Å². The number of nitrogens with one attached hydrogen (secondary N) is 1. The molecule has 0 unspecified atom stereocenters. The van der Waals surface area contributed by atoms with Crippen molar-refractivity contribution >= 4 is 17.8 Å². The first-order chi connectivity index (χ1) is 10.5. The number of benzene rings is 1. The largest absolute Gasteiger partial charge is 0.304 e. The average Bonchev–Trinajstić information content (AvgIpc) is 2.50. The number of nitro benzene ring substituents is 1. The van der Waals surface area contributed by atoms with Gasteiger partial charge in [-0.05, 0) is 7.05 Å². The Kier molecular flexibility index (Phi) is 5.56. The lowest BCUT2D eigenvalue weighted by Gasteiger charge is -2.31. The van der Waals surface area contributed by atoms with E-state index in [4.69, 9.17) is 0 Å². The summed E-state index contributed by atoms with van der Waals surface area (Å²) in [7, 11) is 2.06. The number of nitrogens with zero attached hydrogens (tertiary/aromatic N) is 4. The van der Waals surface area contributed by atoms with Gasteiger partial charge in [0.1, 0.15) is 0 Å². The second-order valence-corrected chi connectivity index (χ2v) is 5.22. The molecule has 0 aromatic heterocycles. The maximum atomic E-state index is 11.8. The van der Waals surface area contributed by atoms with Gasteiger partial charge < -0.3 is 4.90 Å². The van der Waals surface area contributed by atoms with Gasteiger partial charge in [0.05, 0.1) is 17.7 Å². The Hall–Kier alpha value is -2.32. The molecule has 0 spiro atoms. The summed E-state index contributed by atoms with van der Waals surface area (Å²) in [5, 5.41) is 14.5. The standard InChI is InChI=1S/C14H19N5O3/c1-17-5-7-18(8-6-17)11-14(20)16-15-10-12-3-2-4-13(9-12)19(21)22/h2-4,9-10H,5-8,11H2,1H3,(H,16,20)/b15-10-. The zero-order valence-electron chi connectivity index (χ0n) is 12.4. The fourth-order valence-electron chi connectivity index (χ4n) is 2.14. The Morgan fingerprint density at radius 2 is 2.14 bits per heavy atom. The molecule has 0 radical (unpaired) electrons. The van der Waals surface area contributed by atoms with E-state index in [0.29, 0.717) is 12.1 Å². The summed E-state index contributed by atoms with van der Waals surface area (Å²) in [6.45, 7) is 3.92. The molecule has 1 saturated heterocycles. The van der Waals surface area contributed by atoms with Crippen LogP contribution in [-0.2, 0) is 4.79 Å². The van der Waals surface area contributed by atoms with Gasteiger partial charge in [-0.15, -0.1) is 0 Å². The van der Waals surface area contributed by atoms with Crippen LogP contribution < -0.4 is 5.43 Å². The van der Waals surface area contributed by atoms with Crippen LogP contribution in [0.2, 0.25) is 0 Å². The summed E-state index contributed by atoms with van der Waals surface area (Å²) >= 11 is 0. The average molecular weight is 305 g/mol. The van der Waals surface area contributed by atoms with Gasteiger partial charge in [-0.25, -0.2) is 5.43 Å². The van der Waals surface area contributed by atoms with E-state index in [1.165, 1.54) is 18.3 Å². The summed E-state index contributed by atoms with van der Waals surface area (Å²) in [5.74, 6) is -0.189. The number of carbonyl (C=O) groups excluding carboxylic acids is 1. The first-order valence-corrected chi connectivity index (χ1v) is 7.02. The number of amides is 1. The number of hydrogen-bond acceptors (Lipinski definition) is 6. The molecule has 0 aliphatic carbocycles. The van der Waals surface area contributed by atoms with E-state index in [9.17, 15) is 14.9 Å². The number of hydrazone groups is 1. The Morgan fingerprint density at radius 1 is 1.41 bits per heavy atom. The van der Waals surface area contributed by atoms with Gasteiger partial charge in [-0.3, -0.25) is 19.8 Å². The molecule has 1 fully saturated rings. The van der Waals surface area contributed by atoms with Gasteiger partial charge in [0.25, 0.3) is 11.6 Å². The van der Waals surface area contributed by atoms with Crippen LogP contribution >= 0.6 is 0 Å². The Morgan fingerprint density at radius 3 is 2.82 bits per heavy atom. The Balaban J connectivity index is 1.80. The third kappa shape index (κ3) is 4.90. The highest BCUT2D eigenvalue weighted by molar-refractivity contribution is 5.83. The van der Waals surface area contributed by atoms with Crippen molar-refractivity contribution in [2.75, 3.05) is 39.8 Å². The highest BCUT2D eigenvalue weighted by Gasteiger charge is 2.16.